The van der Waals surface area contributed by atoms with Gasteiger partial charge in [0.25, 0.3) is 5.56 Å². The first kappa shape index (κ1) is 12.3. The first-order valence-corrected chi connectivity index (χ1v) is 5.74. The van der Waals surface area contributed by atoms with Crippen LogP contribution in [0.25, 0.3) is 0 Å². The van der Waals surface area contributed by atoms with Crippen LogP contribution in [0.4, 0.5) is 10.2 Å². The molecular weight excluding hydrogens is 233 g/mol. The summed E-state index contributed by atoms with van der Waals surface area (Å²) < 4.78 is 14.5. The quantitative estimate of drug-likeness (QED) is 0.899. The van der Waals surface area contributed by atoms with E-state index in [1.54, 1.807) is 29.1 Å². The average Bonchev–Trinajstić information content (AvgIpc) is 2.38. The van der Waals surface area contributed by atoms with Gasteiger partial charge in [-0.1, -0.05) is 12.1 Å². The fraction of sp³-hybridized carbons (Fsp3) is 0.231. The largest absolute Gasteiger partial charge is 0.361 e. The predicted octanol–water partition coefficient (Wildman–Crippen LogP) is 2.01. The molecule has 1 N–H and O–H groups in total. The number of halogens is 1. The summed E-state index contributed by atoms with van der Waals surface area (Å²) in [5.74, 6) is -0.00935. The Balaban J connectivity index is 2.13. The first-order chi connectivity index (χ1) is 8.70. The lowest BCUT2D eigenvalue weighted by atomic mass is 10.2. The molecule has 1 aromatic carbocycles. The van der Waals surface area contributed by atoms with E-state index in [9.17, 15) is 9.18 Å². The van der Waals surface area contributed by atoms with Crippen molar-refractivity contribution in [3.05, 3.63) is 58.4 Å². The Morgan fingerprint density at radius 3 is 3.00 bits per heavy atom. The lowest BCUT2D eigenvalue weighted by molar-refractivity contribution is 0.626. The van der Waals surface area contributed by atoms with E-state index < -0.39 is 0 Å². The molecule has 0 saturated heterocycles. The van der Waals surface area contributed by atoms with Crippen molar-refractivity contribution in [3.63, 3.8) is 0 Å². The highest BCUT2D eigenvalue weighted by Gasteiger charge is 2.03. The molecule has 0 amide bonds. The maximum atomic E-state index is 13.0. The summed E-state index contributed by atoms with van der Waals surface area (Å²) in [4.78, 5) is 15.8. The van der Waals surface area contributed by atoms with Gasteiger partial charge in [-0.15, -0.1) is 0 Å². The number of hydrogen-bond donors (Lipinski definition) is 1. The second kappa shape index (κ2) is 5.44. The third-order valence-corrected chi connectivity index (χ3v) is 2.60. The third kappa shape index (κ3) is 2.74. The number of hydrogen-bond acceptors (Lipinski definition) is 3. The zero-order valence-electron chi connectivity index (χ0n) is 10.1. The lowest BCUT2D eigenvalue weighted by Crippen LogP contribution is -2.23. The minimum Gasteiger partial charge on any atom is -0.361 e. The van der Waals surface area contributed by atoms with Crippen LogP contribution < -0.4 is 10.9 Å². The number of nitrogens with one attached hydrogen (secondary N) is 1. The van der Waals surface area contributed by atoms with Crippen LogP contribution in [0.1, 0.15) is 12.5 Å². The van der Waals surface area contributed by atoms with Gasteiger partial charge in [-0.25, -0.2) is 9.37 Å². The molecule has 4 nitrogen and oxygen atoms in total. The van der Waals surface area contributed by atoms with Crippen LogP contribution in [-0.2, 0) is 13.1 Å². The molecule has 0 aliphatic rings. The van der Waals surface area contributed by atoms with Gasteiger partial charge in [0.15, 0.2) is 5.82 Å². The van der Waals surface area contributed by atoms with Crippen molar-refractivity contribution in [2.24, 2.45) is 0 Å². The Hall–Kier alpha value is -2.17. The van der Waals surface area contributed by atoms with Crippen molar-refractivity contribution < 1.29 is 4.39 Å². The van der Waals surface area contributed by atoms with E-state index in [0.29, 0.717) is 13.1 Å². The van der Waals surface area contributed by atoms with Gasteiger partial charge in [-0.3, -0.25) is 4.79 Å². The van der Waals surface area contributed by atoms with Gasteiger partial charge in [-0.2, -0.15) is 0 Å². The Kier molecular flexibility index (Phi) is 3.72. The van der Waals surface area contributed by atoms with Gasteiger partial charge in [0.2, 0.25) is 0 Å². The van der Waals surface area contributed by atoms with E-state index in [-0.39, 0.29) is 17.2 Å². The molecule has 18 heavy (non-hydrogen) atoms. The molecule has 0 fully saturated rings. The molecule has 0 bridgehead atoms. The van der Waals surface area contributed by atoms with E-state index in [1.807, 2.05) is 6.92 Å². The first-order valence-electron chi connectivity index (χ1n) is 5.74. The molecule has 0 saturated carbocycles. The standard InChI is InChI=1S/C13H14FN3O/c1-2-17-7-6-15-12(13(17)18)16-9-10-4-3-5-11(14)8-10/h3-8H,2,9H2,1H3,(H,15,16). The van der Waals surface area contributed by atoms with Gasteiger partial charge in [0, 0.05) is 25.5 Å². The van der Waals surface area contributed by atoms with Gasteiger partial charge in [0.1, 0.15) is 5.82 Å². The second-order valence-electron chi connectivity index (χ2n) is 3.85. The van der Waals surface area contributed by atoms with Crippen molar-refractivity contribution in [1.29, 1.82) is 0 Å². The predicted molar refractivity (Wildman–Crippen MR) is 67.9 cm³/mol. The van der Waals surface area contributed by atoms with E-state index in [2.05, 4.69) is 10.3 Å². The highest BCUT2D eigenvalue weighted by atomic mass is 19.1. The molecule has 0 aliphatic heterocycles. The zero-order chi connectivity index (χ0) is 13.0. The summed E-state index contributed by atoms with van der Waals surface area (Å²) >= 11 is 0. The summed E-state index contributed by atoms with van der Waals surface area (Å²) in [5.41, 5.74) is 0.597. The van der Waals surface area contributed by atoms with Crippen LogP contribution in [0.5, 0.6) is 0 Å². The summed E-state index contributed by atoms with van der Waals surface area (Å²) in [7, 11) is 0. The topological polar surface area (TPSA) is 46.9 Å². The Labute approximate surface area is 104 Å². The van der Waals surface area contributed by atoms with E-state index in [1.165, 1.54) is 12.1 Å². The molecule has 0 unspecified atom stereocenters. The summed E-state index contributed by atoms with van der Waals surface area (Å²) in [6.07, 6.45) is 3.20. The van der Waals surface area contributed by atoms with Crippen LogP contribution >= 0.6 is 0 Å². The molecular formula is C13H14FN3O. The Morgan fingerprint density at radius 1 is 1.44 bits per heavy atom. The molecule has 0 spiro atoms. The van der Waals surface area contributed by atoms with E-state index in [4.69, 9.17) is 0 Å². The normalized spacial score (nSPS) is 10.3. The molecule has 94 valence electrons. The highest BCUT2D eigenvalue weighted by Crippen LogP contribution is 2.05. The number of benzene rings is 1. The summed E-state index contributed by atoms with van der Waals surface area (Å²) in [5, 5.41) is 2.92. The van der Waals surface area contributed by atoms with Crippen LogP contribution in [0, 0.1) is 5.82 Å². The molecule has 0 aliphatic carbocycles. The zero-order valence-corrected chi connectivity index (χ0v) is 10.1. The maximum absolute atomic E-state index is 13.0. The number of aromatic nitrogens is 2. The number of aryl methyl sites for hydroxylation is 1. The molecule has 5 heteroatoms. The van der Waals surface area contributed by atoms with Gasteiger partial charge in [0.05, 0.1) is 0 Å². The van der Waals surface area contributed by atoms with E-state index >= 15 is 0 Å². The van der Waals surface area contributed by atoms with Crippen molar-refractivity contribution >= 4 is 5.82 Å². The molecule has 1 aromatic heterocycles. The number of rotatable bonds is 4. The minimum absolute atomic E-state index is 0.170. The number of nitrogens with zero attached hydrogens (tertiary/aromatic N) is 2. The van der Waals surface area contributed by atoms with Gasteiger partial charge >= 0.3 is 0 Å². The minimum atomic E-state index is -0.290. The van der Waals surface area contributed by atoms with Crippen molar-refractivity contribution in [2.45, 2.75) is 20.0 Å². The van der Waals surface area contributed by atoms with Crippen LogP contribution in [0.2, 0.25) is 0 Å². The highest BCUT2D eigenvalue weighted by molar-refractivity contribution is 5.32. The second-order valence-corrected chi connectivity index (χ2v) is 3.85. The van der Waals surface area contributed by atoms with Crippen LogP contribution in [-0.4, -0.2) is 9.55 Å². The summed E-state index contributed by atoms with van der Waals surface area (Å²) in [6.45, 7) is 2.85. The van der Waals surface area contributed by atoms with Crippen molar-refractivity contribution in [1.82, 2.24) is 9.55 Å². The Morgan fingerprint density at radius 2 is 2.28 bits per heavy atom. The van der Waals surface area contributed by atoms with Crippen LogP contribution in [0.15, 0.2) is 41.5 Å². The van der Waals surface area contributed by atoms with Crippen molar-refractivity contribution in [3.8, 4) is 0 Å². The van der Waals surface area contributed by atoms with Crippen LogP contribution in [0.3, 0.4) is 0 Å². The lowest BCUT2D eigenvalue weighted by Gasteiger charge is -2.07. The molecule has 2 aromatic rings. The molecule has 1 heterocycles. The number of anilines is 1. The maximum Gasteiger partial charge on any atom is 0.293 e. The molecule has 0 atom stereocenters. The molecule has 2 rings (SSSR count). The van der Waals surface area contributed by atoms with Gasteiger partial charge < -0.3 is 9.88 Å². The van der Waals surface area contributed by atoms with E-state index in [0.717, 1.165) is 5.56 Å². The van der Waals surface area contributed by atoms with Crippen molar-refractivity contribution in [2.75, 3.05) is 5.32 Å². The Bertz CT molecular complexity index is 595. The SMILES string of the molecule is CCn1ccnc(NCc2cccc(F)c2)c1=O. The average molecular weight is 247 g/mol. The summed E-state index contributed by atoms with van der Waals surface area (Å²) in [6, 6.07) is 6.23. The smallest absolute Gasteiger partial charge is 0.293 e. The fourth-order valence-electron chi connectivity index (χ4n) is 1.65. The fourth-order valence-corrected chi connectivity index (χ4v) is 1.65. The third-order valence-electron chi connectivity index (χ3n) is 2.60. The van der Waals surface area contributed by atoms with Gasteiger partial charge in [-0.05, 0) is 24.6 Å². The monoisotopic (exact) mass is 247 g/mol. The molecule has 0 radical (unpaired) electrons.